The molecular weight excluding hydrogens is 226 g/mol. The topological polar surface area (TPSA) is 45.2 Å². The maximum Gasteiger partial charge on any atom is 0.272 e. The summed E-state index contributed by atoms with van der Waals surface area (Å²) >= 11 is 0. The summed E-state index contributed by atoms with van der Waals surface area (Å²) < 4.78 is 0. The largest absolute Gasteiger partial charge is 0.335 e. The maximum absolute atomic E-state index is 12.5. The smallest absolute Gasteiger partial charge is 0.272 e. The maximum atomic E-state index is 12.5. The highest BCUT2D eigenvalue weighted by atomic mass is 16.2. The highest BCUT2D eigenvalue weighted by Crippen LogP contribution is 2.14. The molecule has 1 amide bonds. The molecule has 1 aliphatic rings. The predicted molar refractivity (Wildman–Crippen MR) is 71.6 cm³/mol. The van der Waals surface area contributed by atoms with Crippen molar-refractivity contribution in [2.45, 2.75) is 32.7 Å². The van der Waals surface area contributed by atoms with Crippen molar-refractivity contribution in [3.05, 3.63) is 29.6 Å². The summed E-state index contributed by atoms with van der Waals surface area (Å²) in [7, 11) is 0. The molecule has 4 heteroatoms. The number of carbonyl (C=O) groups is 1. The normalized spacial score (nSPS) is 16.6. The van der Waals surface area contributed by atoms with Crippen molar-refractivity contribution in [2.75, 3.05) is 19.6 Å². The van der Waals surface area contributed by atoms with Gasteiger partial charge in [0.2, 0.25) is 0 Å². The second-order valence-corrected chi connectivity index (χ2v) is 4.74. The quantitative estimate of drug-likeness (QED) is 0.882. The SMILES string of the molecule is CCN(C(=O)c1cccc(C)n1)C1CCNCC1. The van der Waals surface area contributed by atoms with Crippen LogP contribution in [0.1, 0.15) is 35.9 Å². The molecule has 1 aromatic heterocycles. The van der Waals surface area contributed by atoms with Crippen LogP contribution in [0.3, 0.4) is 0 Å². The molecule has 0 unspecified atom stereocenters. The van der Waals surface area contributed by atoms with Gasteiger partial charge < -0.3 is 10.2 Å². The van der Waals surface area contributed by atoms with E-state index >= 15 is 0 Å². The fourth-order valence-electron chi connectivity index (χ4n) is 2.50. The summed E-state index contributed by atoms with van der Waals surface area (Å²) in [5.74, 6) is 0.0631. The lowest BCUT2D eigenvalue weighted by Crippen LogP contribution is -2.46. The summed E-state index contributed by atoms with van der Waals surface area (Å²) in [4.78, 5) is 18.8. The van der Waals surface area contributed by atoms with E-state index in [4.69, 9.17) is 0 Å². The first-order chi connectivity index (χ1) is 8.72. The van der Waals surface area contributed by atoms with E-state index in [1.54, 1.807) is 6.07 Å². The highest BCUT2D eigenvalue weighted by Gasteiger charge is 2.25. The molecule has 0 aliphatic carbocycles. The van der Waals surface area contributed by atoms with Gasteiger partial charge in [-0.25, -0.2) is 4.98 Å². The molecule has 1 saturated heterocycles. The molecule has 0 aromatic carbocycles. The lowest BCUT2D eigenvalue weighted by atomic mass is 10.0. The first-order valence-electron chi connectivity index (χ1n) is 6.67. The number of nitrogens with one attached hydrogen (secondary N) is 1. The number of hydrogen-bond acceptors (Lipinski definition) is 3. The number of carbonyl (C=O) groups excluding carboxylic acids is 1. The first kappa shape index (κ1) is 13.0. The van der Waals surface area contributed by atoms with Crippen LogP contribution in [-0.2, 0) is 0 Å². The lowest BCUT2D eigenvalue weighted by molar-refractivity contribution is 0.0650. The van der Waals surface area contributed by atoms with Crippen molar-refractivity contribution >= 4 is 5.91 Å². The van der Waals surface area contributed by atoms with Crippen LogP contribution in [0.2, 0.25) is 0 Å². The van der Waals surface area contributed by atoms with Crippen LogP contribution in [0.4, 0.5) is 0 Å². The Hall–Kier alpha value is -1.42. The van der Waals surface area contributed by atoms with Gasteiger partial charge in [-0.15, -0.1) is 0 Å². The van der Waals surface area contributed by atoms with E-state index < -0.39 is 0 Å². The highest BCUT2D eigenvalue weighted by molar-refractivity contribution is 5.92. The van der Waals surface area contributed by atoms with Crippen LogP contribution in [-0.4, -0.2) is 41.5 Å². The number of aryl methyl sites for hydroxylation is 1. The van der Waals surface area contributed by atoms with Gasteiger partial charge in [0, 0.05) is 18.3 Å². The number of nitrogens with zero attached hydrogens (tertiary/aromatic N) is 2. The molecule has 18 heavy (non-hydrogen) atoms. The Morgan fingerprint density at radius 3 is 2.78 bits per heavy atom. The lowest BCUT2D eigenvalue weighted by Gasteiger charge is -2.33. The number of hydrogen-bond donors (Lipinski definition) is 1. The van der Waals surface area contributed by atoms with Crippen LogP contribution in [0, 0.1) is 6.92 Å². The first-order valence-corrected chi connectivity index (χ1v) is 6.67. The molecule has 0 radical (unpaired) electrons. The molecule has 0 atom stereocenters. The van der Waals surface area contributed by atoms with Crippen LogP contribution >= 0.6 is 0 Å². The summed E-state index contributed by atoms with van der Waals surface area (Å²) in [5.41, 5.74) is 1.46. The summed E-state index contributed by atoms with van der Waals surface area (Å²) in [5, 5.41) is 3.33. The van der Waals surface area contributed by atoms with Gasteiger partial charge >= 0.3 is 0 Å². The van der Waals surface area contributed by atoms with E-state index in [1.165, 1.54) is 0 Å². The van der Waals surface area contributed by atoms with Gasteiger partial charge in [0.25, 0.3) is 5.91 Å². The molecule has 1 N–H and O–H groups in total. The molecule has 1 aliphatic heterocycles. The Morgan fingerprint density at radius 2 is 2.17 bits per heavy atom. The van der Waals surface area contributed by atoms with Crippen molar-refractivity contribution in [3.63, 3.8) is 0 Å². The Bertz CT molecular complexity index is 413. The molecule has 0 spiro atoms. The Morgan fingerprint density at radius 1 is 1.44 bits per heavy atom. The molecule has 2 rings (SSSR count). The van der Waals surface area contributed by atoms with E-state index in [1.807, 2.05) is 30.9 Å². The fraction of sp³-hybridized carbons (Fsp3) is 0.571. The van der Waals surface area contributed by atoms with Crippen molar-refractivity contribution in [1.29, 1.82) is 0 Å². The fourth-order valence-corrected chi connectivity index (χ4v) is 2.50. The second kappa shape index (κ2) is 5.96. The molecule has 2 heterocycles. The number of pyridine rings is 1. The van der Waals surface area contributed by atoms with Crippen molar-refractivity contribution in [3.8, 4) is 0 Å². The van der Waals surface area contributed by atoms with Crippen molar-refractivity contribution in [1.82, 2.24) is 15.2 Å². The predicted octanol–water partition coefficient (Wildman–Crippen LogP) is 1.60. The van der Waals surface area contributed by atoms with E-state index in [9.17, 15) is 4.79 Å². The number of amides is 1. The van der Waals surface area contributed by atoms with Gasteiger partial charge in [0.05, 0.1) is 0 Å². The Balaban J connectivity index is 2.14. The van der Waals surface area contributed by atoms with Gasteiger partial charge in [0.1, 0.15) is 5.69 Å². The van der Waals surface area contributed by atoms with Gasteiger partial charge in [-0.2, -0.15) is 0 Å². The Kier molecular flexibility index (Phi) is 4.31. The summed E-state index contributed by atoms with van der Waals surface area (Å²) in [6.45, 7) is 6.69. The van der Waals surface area contributed by atoms with Crippen molar-refractivity contribution < 1.29 is 4.79 Å². The number of aromatic nitrogens is 1. The van der Waals surface area contributed by atoms with E-state index in [2.05, 4.69) is 10.3 Å². The van der Waals surface area contributed by atoms with Gasteiger partial charge in [-0.1, -0.05) is 6.07 Å². The third-order valence-electron chi connectivity index (χ3n) is 3.46. The van der Waals surface area contributed by atoms with Crippen LogP contribution in [0.25, 0.3) is 0 Å². The zero-order valence-electron chi connectivity index (χ0n) is 11.1. The third-order valence-corrected chi connectivity index (χ3v) is 3.46. The van der Waals surface area contributed by atoms with Crippen LogP contribution < -0.4 is 5.32 Å². The number of rotatable bonds is 3. The minimum absolute atomic E-state index is 0.0631. The minimum Gasteiger partial charge on any atom is -0.335 e. The van der Waals surface area contributed by atoms with E-state index in [0.29, 0.717) is 11.7 Å². The molecule has 0 bridgehead atoms. The Labute approximate surface area is 108 Å². The van der Waals surface area contributed by atoms with Gasteiger partial charge in [0.15, 0.2) is 0 Å². The van der Waals surface area contributed by atoms with Crippen molar-refractivity contribution in [2.24, 2.45) is 0 Å². The molecule has 98 valence electrons. The number of piperidine rings is 1. The van der Waals surface area contributed by atoms with Crippen LogP contribution in [0.15, 0.2) is 18.2 Å². The summed E-state index contributed by atoms with van der Waals surface area (Å²) in [6.07, 6.45) is 2.07. The molecular formula is C14H21N3O. The third kappa shape index (κ3) is 2.88. The van der Waals surface area contributed by atoms with Crippen LogP contribution in [0.5, 0.6) is 0 Å². The average Bonchev–Trinajstić information content (AvgIpc) is 2.41. The molecule has 1 aromatic rings. The summed E-state index contributed by atoms with van der Waals surface area (Å²) in [6, 6.07) is 5.97. The van der Waals surface area contributed by atoms with Gasteiger partial charge in [-0.3, -0.25) is 4.79 Å². The average molecular weight is 247 g/mol. The monoisotopic (exact) mass is 247 g/mol. The zero-order valence-corrected chi connectivity index (χ0v) is 11.1. The van der Waals surface area contributed by atoms with E-state index in [0.717, 1.165) is 38.2 Å². The van der Waals surface area contributed by atoms with E-state index in [-0.39, 0.29) is 5.91 Å². The standard InChI is InChI=1S/C14H21N3O/c1-3-17(12-7-9-15-10-8-12)14(18)13-6-4-5-11(2)16-13/h4-6,12,15H,3,7-10H2,1-2H3. The molecule has 0 saturated carbocycles. The molecule has 1 fully saturated rings. The molecule has 4 nitrogen and oxygen atoms in total. The minimum atomic E-state index is 0.0631. The van der Waals surface area contributed by atoms with Gasteiger partial charge in [-0.05, 0) is 51.9 Å². The second-order valence-electron chi connectivity index (χ2n) is 4.74. The zero-order chi connectivity index (χ0) is 13.0.